The molecule has 0 aliphatic carbocycles. The van der Waals surface area contributed by atoms with Crippen LogP contribution in [0.2, 0.25) is 0 Å². The summed E-state index contributed by atoms with van der Waals surface area (Å²) in [6, 6.07) is 13.6. The highest BCUT2D eigenvalue weighted by Crippen LogP contribution is 2.17. The first kappa shape index (κ1) is 14.6. The Morgan fingerprint density at radius 1 is 1.19 bits per heavy atom. The predicted octanol–water partition coefficient (Wildman–Crippen LogP) is 2.55. The second-order valence-corrected chi connectivity index (χ2v) is 4.39. The van der Waals surface area contributed by atoms with E-state index in [0.717, 1.165) is 5.56 Å². The van der Waals surface area contributed by atoms with Gasteiger partial charge in [-0.15, -0.1) is 0 Å². The highest BCUT2D eigenvalue weighted by Gasteiger charge is 2.10. The number of carbonyl (C=O) groups excluding carboxylic acids is 1. The molecule has 5 nitrogen and oxygen atoms in total. The molecule has 5 heteroatoms. The van der Waals surface area contributed by atoms with Crippen molar-refractivity contribution in [1.82, 2.24) is 5.43 Å². The van der Waals surface area contributed by atoms with Gasteiger partial charge in [-0.1, -0.05) is 24.3 Å². The molecule has 0 spiro atoms. The van der Waals surface area contributed by atoms with Crippen LogP contribution >= 0.6 is 0 Å². The monoisotopic (exact) mass is 284 g/mol. The zero-order chi connectivity index (χ0) is 15.2. The third-order valence-corrected chi connectivity index (χ3v) is 2.94. The standard InChI is InChI=1S/C16H16N2O3/c1-11(12-6-5-7-13(19)10-12)17-18-16(20)14-8-3-4-9-15(14)21-2/h3-10,19H,1-2H3,(H,18,20). The van der Waals surface area contributed by atoms with Crippen molar-refractivity contribution in [3.8, 4) is 11.5 Å². The Morgan fingerprint density at radius 2 is 1.95 bits per heavy atom. The Kier molecular flexibility index (Phi) is 4.56. The van der Waals surface area contributed by atoms with E-state index >= 15 is 0 Å². The van der Waals surface area contributed by atoms with Crippen LogP contribution in [-0.4, -0.2) is 23.8 Å². The number of aromatic hydroxyl groups is 1. The quantitative estimate of drug-likeness (QED) is 0.669. The number of hydrazone groups is 1. The molecule has 0 saturated carbocycles. The number of phenolic OH excluding ortho intramolecular Hbond substituents is 1. The zero-order valence-corrected chi connectivity index (χ0v) is 11.8. The molecular formula is C16H16N2O3. The number of nitrogens with zero attached hydrogens (tertiary/aromatic N) is 1. The van der Waals surface area contributed by atoms with E-state index < -0.39 is 0 Å². The van der Waals surface area contributed by atoms with E-state index in [1.54, 1.807) is 55.5 Å². The third kappa shape index (κ3) is 3.60. The zero-order valence-electron chi connectivity index (χ0n) is 11.8. The molecule has 0 aliphatic heterocycles. The van der Waals surface area contributed by atoms with E-state index in [0.29, 0.717) is 17.0 Å². The molecule has 0 fully saturated rings. The van der Waals surface area contributed by atoms with E-state index in [-0.39, 0.29) is 11.7 Å². The number of rotatable bonds is 4. The van der Waals surface area contributed by atoms with Gasteiger partial charge < -0.3 is 9.84 Å². The lowest BCUT2D eigenvalue weighted by Gasteiger charge is -2.07. The van der Waals surface area contributed by atoms with Crippen molar-refractivity contribution in [2.45, 2.75) is 6.92 Å². The van der Waals surface area contributed by atoms with Crippen LogP contribution < -0.4 is 10.2 Å². The maximum absolute atomic E-state index is 12.1. The topological polar surface area (TPSA) is 70.9 Å². The first-order chi connectivity index (χ1) is 10.1. The fraction of sp³-hybridized carbons (Fsp3) is 0.125. The fourth-order valence-electron chi connectivity index (χ4n) is 1.82. The van der Waals surface area contributed by atoms with Gasteiger partial charge in [0, 0.05) is 5.56 Å². The first-order valence-electron chi connectivity index (χ1n) is 6.39. The maximum Gasteiger partial charge on any atom is 0.275 e. The molecule has 0 heterocycles. The minimum atomic E-state index is -0.355. The average Bonchev–Trinajstić information content (AvgIpc) is 2.52. The molecular weight excluding hydrogens is 268 g/mol. The van der Waals surface area contributed by atoms with Crippen LogP contribution in [0.15, 0.2) is 53.6 Å². The molecule has 0 aliphatic rings. The van der Waals surface area contributed by atoms with Crippen LogP contribution in [-0.2, 0) is 0 Å². The van der Waals surface area contributed by atoms with E-state index in [1.165, 1.54) is 7.11 Å². The number of ether oxygens (including phenoxy) is 1. The molecule has 2 N–H and O–H groups in total. The Morgan fingerprint density at radius 3 is 2.67 bits per heavy atom. The fourth-order valence-corrected chi connectivity index (χ4v) is 1.82. The molecule has 2 aromatic rings. The minimum absolute atomic E-state index is 0.151. The lowest BCUT2D eigenvalue weighted by molar-refractivity contribution is 0.0952. The van der Waals surface area contributed by atoms with Gasteiger partial charge in [0.15, 0.2) is 0 Å². The van der Waals surface area contributed by atoms with Crippen molar-refractivity contribution in [3.63, 3.8) is 0 Å². The minimum Gasteiger partial charge on any atom is -0.508 e. The molecule has 0 radical (unpaired) electrons. The number of hydrogen-bond donors (Lipinski definition) is 2. The van der Waals surface area contributed by atoms with Crippen LogP contribution in [0.3, 0.4) is 0 Å². The Hall–Kier alpha value is -2.82. The number of hydrogen-bond acceptors (Lipinski definition) is 4. The summed E-state index contributed by atoms with van der Waals surface area (Å²) in [5.74, 6) is 0.283. The van der Waals surface area contributed by atoms with E-state index in [4.69, 9.17) is 4.74 Å². The molecule has 0 unspecified atom stereocenters. The Labute approximate surface area is 122 Å². The number of methoxy groups -OCH3 is 1. The second-order valence-electron chi connectivity index (χ2n) is 4.39. The summed E-state index contributed by atoms with van der Waals surface area (Å²) in [5.41, 5.74) is 4.21. The molecule has 108 valence electrons. The molecule has 0 aromatic heterocycles. The van der Waals surface area contributed by atoms with Gasteiger partial charge in [0.05, 0.1) is 18.4 Å². The summed E-state index contributed by atoms with van der Waals surface area (Å²) >= 11 is 0. The second kappa shape index (κ2) is 6.56. The molecule has 0 atom stereocenters. The summed E-state index contributed by atoms with van der Waals surface area (Å²) in [6.45, 7) is 1.75. The van der Waals surface area contributed by atoms with Crippen molar-refractivity contribution in [1.29, 1.82) is 0 Å². The van der Waals surface area contributed by atoms with Crippen molar-refractivity contribution in [2.24, 2.45) is 5.10 Å². The highest BCUT2D eigenvalue weighted by atomic mass is 16.5. The summed E-state index contributed by atoms with van der Waals surface area (Å²) in [5, 5.41) is 13.5. The van der Waals surface area contributed by atoms with Gasteiger partial charge in [-0.05, 0) is 31.2 Å². The lowest BCUT2D eigenvalue weighted by atomic mass is 10.1. The van der Waals surface area contributed by atoms with Crippen LogP contribution in [0.1, 0.15) is 22.8 Å². The number of benzene rings is 2. The van der Waals surface area contributed by atoms with Gasteiger partial charge in [0.2, 0.25) is 0 Å². The SMILES string of the molecule is COc1ccccc1C(=O)NN=C(C)c1cccc(O)c1. The Bertz CT molecular complexity index is 681. The van der Waals surface area contributed by atoms with Crippen molar-refractivity contribution < 1.29 is 14.6 Å². The van der Waals surface area contributed by atoms with Gasteiger partial charge in [0.1, 0.15) is 11.5 Å². The number of nitrogens with one attached hydrogen (secondary N) is 1. The van der Waals surface area contributed by atoms with Gasteiger partial charge >= 0.3 is 0 Å². The van der Waals surface area contributed by atoms with Crippen LogP contribution in [0.4, 0.5) is 0 Å². The first-order valence-corrected chi connectivity index (χ1v) is 6.39. The predicted molar refractivity (Wildman–Crippen MR) is 80.8 cm³/mol. The van der Waals surface area contributed by atoms with Gasteiger partial charge in [0.25, 0.3) is 5.91 Å². The lowest BCUT2D eigenvalue weighted by Crippen LogP contribution is -2.20. The van der Waals surface area contributed by atoms with Crippen LogP contribution in [0.5, 0.6) is 11.5 Å². The Balaban J connectivity index is 2.15. The number of para-hydroxylation sites is 1. The largest absolute Gasteiger partial charge is 0.508 e. The summed E-state index contributed by atoms with van der Waals surface area (Å²) in [7, 11) is 1.51. The molecule has 2 aromatic carbocycles. The van der Waals surface area contributed by atoms with E-state index in [2.05, 4.69) is 10.5 Å². The number of amides is 1. The summed E-state index contributed by atoms with van der Waals surface area (Å²) in [4.78, 5) is 12.1. The molecule has 1 amide bonds. The van der Waals surface area contributed by atoms with E-state index in [9.17, 15) is 9.90 Å². The van der Waals surface area contributed by atoms with Gasteiger partial charge in [-0.25, -0.2) is 5.43 Å². The van der Waals surface area contributed by atoms with Crippen LogP contribution in [0.25, 0.3) is 0 Å². The highest BCUT2D eigenvalue weighted by molar-refractivity contribution is 6.01. The van der Waals surface area contributed by atoms with Gasteiger partial charge in [-0.3, -0.25) is 4.79 Å². The number of phenols is 1. The maximum atomic E-state index is 12.1. The molecule has 2 rings (SSSR count). The van der Waals surface area contributed by atoms with Crippen molar-refractivity contribution >= 4 is 11.6 Å². The number of carbonyl (C=O) groups is 1. The van der Waals surface area contributed by atoms with Crippen molar-refractivity contribution in [2.75, 3.05) is 7.11 Å². The molecule has 0 saturated heterocycles. The normalized spacial score (nSPS) is 11.0. The third-order valence-electron chi connectivity index (χ3n) is 2.94. The van der Waals surface area contributed by atoms with Crippen LogP contribution in [0, 0.1) is 0 Å². The van der Waals surface area contributed by atoms with Crippen molar-refractivity contribution in [3.05, 3.63) is 59.7 Å². The average molecular weight is 284 g/mol. The summed E-state index contributed by atoms with van der Waals surface area (Å²) < 4.78 is 5.13. The smallest absolute Gasteiger partial charge is 0.275 e. The molecule has 21 heavy (non-hydrogen) atoms. The van der Waals surface area contributed by atoms with Gasteiger partial charge in [-0.2, -0.15) is 5.10 Å². The van der Waals surface area contributed by atoms with E-state index in [1.807, 2.05) is 0 Å². The molecule has 0 bridgehead atoms. The summed E-state index contributed by atoms with van der Waals surface area (Å²) in [6.07, 6.45) is 0.